The summed E-state index contributed by atoms with van der Waals surface area (Å²) in [5.41, 5.74) is 4.26. The van der Waals surface area contributed by atoms with Crippen LogP contribution in [-0.4, -0.2) is 17.1 Å². The molecule has 1 aromatic heterocycles. The molecule has 5 nitrogen and oxygen atoms in total. The van der Waals surface area contributed by atoms with Gasteiger partial charge in [-0.25, -0.2) is 4.98 Å². The van der Waals surface area contributed by atoms with Crippen molar-refractivity contribution in [3.63, 3.8) is 0 Å². The molecule has 3 aromatic rings. The number of ether oxygens (including phenoxy) is 1. The van der Waals surface area contributed by atoms with Gasteiger partial charge < -0.3 is 15.4 Å². The maximum absolute atomic E-state index is 5.40. The Bertz CT molecular complexity index is 879. The summed E-state index contributed by atoms with van der Waals surface area (Å²) < 4.78 is 5.40. The predicted octanol–water partition coefficient (Wildman–Crippen LogP) is 4.71. The summed E-state index contributed by atoms with van der Waals surface area (Å²) in [4.78, 5) is 9.11. The van der Waals surface area contributed by atoms with Crippen molar-refractivity contribution >= 4 is 17.5 Å². The van der Waals surface area contributed by atoms with E-state index in [-0.39, 0.29) is 0 Å². The van der Waals surface area contributed by atoms with E-state index in [0.717, 1.165) is 34.9 Å². The molecule has 0 saturated heterocycles. The molecule has 0 amide bonds. The largest absolute Gasteiger partial charge is 0.496 e. The lowest BCUT2D eigenvalue weighted by Gasteiger charge is -2.13. The Kier molecular flexibility index (Phi) is 5.69. The fourth-order valence-corrected chi connectivity index (χ4v) is 2.82. The summed E-state index contributed by atoms with van der Waals surface area (Å²) in [6, 6.07) is 18.1. The van der Waals surface area contributed by atoms with Crippen LogP contribution in [0, 0.1) is 6.92 Å². The van der Waals surface area contributed by atoms with E-state index in [1.54, 1.807) is 7.11 Å². The summed E-state index contributed by atoms with van der Waals surface area (Å²) >= 11 is 0. The fourth-order valence-electron chi connectivity index (χ4n) is 2.82. The smallest absolute Gasteiger partial charge is 0.229 e. The second-order valence-corrected chi connectivity index (χ2v) is 6.02. The SMILES string of the molecule is CCc1ccccc1Nc1nc(C)cc(NCc2ccccc2OC)n1. The minimum absolute atomic E-state index is 0.591. The maximum Gasteiger partial charge on any atom is 0.229 e. The lowest BCUT2D eigenvalue weighted by atomic mass is 10.1. The molecule has 0 radical (unpaired) electrons. The van der Waals surface area contributed by atoms with Gasteiger partial charge >= 0.3 is 0 Å². The number of aromatic nitrogens is 2. The van der Waals surface area contributed by atoms with Crippen molar-refractivity contribution in [2.75, 3.05) is 17.7 Å². The summed E-state index contributed by atoms with van der Waals surface area (Å²) in [6.45, 7) is 4.73. The number of nitrogens with zero attached hydrogens (tertiary/aromatic N) is 2. The van der Waals surface area contributed by atoms with E-state index < -0.39 is 0 Å². The minimum Gasteiger partial charge on any atom is -0.496 e. The van der Waals surface area contributed by atoms with E-state index in [4.69, 9.17) is 4.74 Å². The summed E-state index contributed by atoms with van der Waals surface area (Å²) in [5.74, 6) is 2.23. The molecule has 1 heterocycles. The van der Waals surface area contributed by atoms with Crippen LogP contribution in [-0.2, 0) is 13.0 Å². The Balaban J connectivity index is 1.77. The average molecular weight is 348 g/mol. The standard InChI is InChI=1S/C21H24N4O/c1-4-16-9-5-7-11-18(16)24-21-23-15(2)13-20(25-21)22-14-17-10-6-8-12-19(17)26-3/h5-13H,4,14H2,1-3H3,(H2,22,23,24,25). The normalized spacial score (nSPS) is 10.4. The Hall–Kier alpha value is -3.08. The van der Waals surface area contributed by atoms with Crippen LogP contribution >= 0.6 is 0 Å². The minimum atomic E-state index is 0.591. The highest BCUT2D eigenvalue weighted by atomic mass is 16.5. The van der Waals surface area contributed by atoms with Gasteiger partial charge in [0.05, 0.1) is 7.11 Å². The quantitative estimate of drug-likeness (QED) is 0.647. The number of rotatable bonds is 7. The Labute approximate surface area is 154 Å². The Morgan fingerprint density at radius 3 is 2.46 bits per heavy atom. The molecule has 0 unspecified atom stereocenters. The molecular formula is C21H24N4O. The molecule has 134 valence electrons. The Morgan fingerprint density at radius 1 is 0.962 bits per heavy atom. The Morgan fingerprint density at radius 2 is 1.69 bits per heavy atom. The number of anilines is 3. The molecule has 5 heteroatoms. The van der Waals surface area contributed by atoms with E-state index in [2.05, 4.69) is 33.6 Å². The highest BCUT2D eigenvalue weighted by Gasteiger charge is 2.07. The van der Waals surface area contributed by atoms with Gasteiger partial charge in [0.1, 0.15) is 11.6 Å². The monoisotopic (exact) mass is 348 g/mol. The van der Waals surface area contributed by atoms with Gasteiger partial charge in [0, 0.05) is 29.6 Å². The van der Waals surface area contributed by atoms with E-state index in [1.807, 2.05) is 55.5 Å². The molecule has 0 fully saturated rings. The fraction of sp³-hybridized carbons (Fsp3) is 0.238. The summed E-state index contributed by atoms with van der Waals surface area (Å²) in [5, 5.41) is 6.70. The number of para-hydroxylation sites is 2. The van der Waals surface area contributed by atoms with Crippen molar-refractivity contribution in [2.45, 2.75) is 26.8 Å². The second kappa shape index (κ2) is 8.34. The number of benzene rings is 2. The first kappa shape index (κ1) is 17.7. The predicted molar refractivity (Wildman–Crippen MR) is 106 cm³/mol. The first-order chi connectivity index (χ1) is 12.7. The van der Waals surface area contributed by atoms with E-state index in [0.29, 0.717) is 12.5 Å². The summed E-state index contributed by atoms with van der Waals surface area (Å²) in [7, 11) is 1.68. The zero-order chi connectivity index (χ0) is 18.4. The van der Waals surface area contributed by atoms with Gasteiger partial charge in [-0.05, 0) is 31.0 Å². The van der Waals surface area contributed by atoms with Crippen molar-refractivity contribution in [1.82, 2.24) is 9.97 Å². The highest BCUT2D eigenvalue weighted by Crippen LogP contribution is 2.22. The van der Waals surface area contributed by atoms with Crippen molar-refractivity contribution in [1.29, 1.82) is 0 Å². The van der Waals surface area contributed by atoms with Gasteiger partial charge in [-0.2, -0.15) is 4.98 Å². The van der Waals surface area contributed by atoms with E-state index in [1.165, 1.54) is 5.56 Å². The first-order valence-electron chi connectivity index (χ1n) is 8.76. The van der Waals surface area contributed by atoms with Crippen molar-refractivity contribution in [2.24, 2.45) is 0 Å². The van der Waals surface area contributed by atoms with Crippen LogP contribution < -0.4 is 15.4 Å². The van der Waals surface area contributed by atoms with Crippen LogP contribution in [0.2, 0.25) is 0 Å². The van der Waals surface area contributed by atoms with Crippen LogP contribution in [0.25, 0.3) is 0 Å². The van der Waals surface area contributed by atoms with Gasteiger partial charge in [-0.15, -0.1) is 0 Å². The number of methoxy groups -OCH3 is 1. The zero-order valence-corrected chi connectivity index (χ0v) is 15.4. The summed E-state index contributed by atoms with van der Waals surface area (Å²) in [6.07, 6.45) is 0.952. The average Bonchev–Trinajstić information content (AvgIpc) is 2.66. The number of hydrogen-bond acceptors (Lipinski definition) is 5. The molecule has 26 heavy (non-hydrogen) atoms. The van der Waals surface area contributed by atoms with Gasteiger partial charge in [0.25, 0.3) is 0 Å². The third-order valence-electron chi connectivity index (χ3n) is 4.15. The van der Waals surface area contributed by atoms with Crippen LogP contribution in [0.4, 0.5) is 17.5 Å². The molecule has 0 atom stereocenters. The van der Waals surface area contributed by atoms with Gasteiger partial charge in [-0.1, -0.05) is 43.3 Å². The zero-order valence-electron chi connectivity index (χ0n) is 15.4. The van der Waals surface area contributed by atoms with E-state index in [9.17, 15) is 0 Å². The number of hydrogen-bond donors (Lipinski definition) is 2. The maximum atomic E-state index is 5.40. The van der Waals surface area contributed by atoms with Crippen LogP contribution in [0.1, 0.15) is 23.7 Å². The van der Waals surface area contributed by atoms with Crippen LogP contribution in [0.5, 0.6) is 5.75 Å². The lowest BCUT2D eigenvalue weighted by molar-refractivity contribution is 0.410. The molecule has 0 spiro atoms. The molecule has 0 saturated carbocycles. The second-order valence-electron chi connectivity index (χ2n) is 6.02. The molecule has 2 N–H and O–H groups in total. The number of aryl methyl sites for hydroxylation is 2. The number of nitrogens with one attached hydrogen (secondary N) is 2. The molecule has 0 aliphatic heterocycles. The molecule has 0 bridgehead atoms. The van der Waals surface area contributed by atoms with E-state index >= 15 is 0 Å². The molecule has 2 aromatic carbocycles. The van der Waals surface area contributed by atoms with Crippen LogP contribution in [0.3, 0.4) is 0 Å². The molecular weight excluding hydrogens is 324 g/mol. The lowest BCUT2D eigenvalue weighted by Crippen LogP contribution is -2.07. The van der Waals surface area contributed by atoms with Gasteiger partial charge in [0.15, 0.2) is 0 Å². The van der Waals surface area contributed by atoms with Crippen LogP contribution in [0.15, 0.2) is 54.6 Å². The third-order valence-corrected chi connectivity index (χ3v) is 4.15. The topological polar surface area (TPSA) is 59.1 Å². The molecule has 3 rings (SSSR count). The van der Waals surface area contributed by atoms with Gasteiger partial charge in [0.2, 0.25) is 5.95 Å². The third kappa shape index (κ3) is 4.30. The van der Waals surface area contributed by atoms with Crippen molar-refractivity contribution in [3.8, 4) is 5.75 Å². The molecule has 0 aliphatic carbocycles. The van der Waals surface area contributed by atoms with Crippen molar-refractivity contribution in [3.05, 3.63) is 71.4 Å². The van der Waals surface area contributed by atoms with Crippen molar-refractivity contribution < 1.29 is 4.74 Å². The highest BCUT2D eigenvalue weighted by molar-refractivity contribution is 5.59. The molecule has 0 aliphatic rings. The van der Waals surface area contributed by atoms with Gasteiger partial charge in [-0.3, -0.25) is 0 Å². The first-order valence-corrected chi connectivity index (χ1v) is 8.76.